The second-order valence-electron chi connectivity index (χ2n) is 3.61. The molecule has 2 heterocycles. The van der Waals surface area contributed by atoms with Gasteiger partial charge in [-0.3, -0.25) is 14.7 Å². The fourth-order valence-electron chi connectivity index (χ4n) is 1.33. The average Bonchev–Trinajstić information content (AvgIpc) is 2.86. The number of carbonyl (C=O) groups is 1. The van der Waals surface area contributed by atoms with Gasteiger partial charge in [0.15, 0.2) is 0 Å². The summed E-state index contributed by atoms with van der Waals surface area (Å²) in [4.78, 5) is 19.5. The standard InChI is InChI=1S/C11H8F3N3OS/c1-17(10(18)11(12,13)14)8-6-16-9(19-8)7-3-2-4-15-5-7/h2-6H,1H3. The molecule has 2 rings (SSSR count). The van der Waals surface area contributed by atoms with Gasteiger partial charge < -0.3 is 0 Å². The Balaban J connectivity index is 2.25. The maximum Gasteiger partial charge on any atom is 0.471 e. The topological polar surface area (TPSA) is 46.1 Å². The number of carbonyl (C=O) groups excluding carboxylic acids is 1. The van der Waals surface area contributed by atoms with E-state index in [9.17, 15) is 18.0 Å². The molecule has 8 heteroatoms. The zero-order chi connectivity index (χ0) is 14.0. The first kappa shape index (κ1) is 13.5. The van der Waals surface area contributed by atoms with E-state index in [4.69, 9.17) is 0 Å². The van der Waals surface area contributed by atoms with E-state index >= 15 is 0 Å². The number of thiazole rings is 1. The Hall–Kier alpha value is -1.96. The first-order chi connectivity index (χ1) is 8.89. The second-order valence-corrected chi connectivity index (χ2v) is 4.62. The van der Waals surface area contributed by atoms with Gasteiger partial charge in [-0.1, -0.05) is 11.3 Å². The summed E-state index contributed by atoms with van der Waals surface area (Å²) in [6, 6.07) is 3.43. The summed E-state index contributed by atoms with van der Waals surface area (Å²) in [5.41, 5.74) is 0.687. The van der Waals surface area contributed by atoms with Gasteiger partial charge in [0.25, 0.3) is 0 Å². The van der Waals surface area contributed by atoms with Crippen molar-refractivity contribution in [3.63, 3.8) is 0 Å². The van der Waals surface area contributed by atoms with Crippen LogP contribution in [0.25, 0.3) is 10.6 Å². The molecule has 0 atom stereocenters. The van der Waals surface area contributed by atoms with Gasteiger partial charge in [0.1, 0.15) is 10.0 Å². The smallest absolute Gasteiger partial charge is 0.298 e. The summed E-state index contributed by atoms with van der Waals surface area (Å²) in [5, 5.41) is 0.631. The van der Waals surface area contributed by atoms with Crippen molar-refractivity contribution < 1.29 is 18.0 Å². The lowest BCUT2D eigenvalue weighted by atomic mass is 10.3. The third-order valence-electron chi connectivity index (χ3n) is 2.28. The van der Waals surface area contributed by atoms with Crippen molar-refractivity contribution in [2.45, 2.75) is 6.18 Å². The molecule has 2 aromatic heterocycles. The molecular formula is C11H8F3N3OS. The summed E-state index contributed by atoms with van der Waals surface area (Å²) in [6.45, 7) is 0. The van der Waals surface area contributed by atoms with Crippen LogP contribution < -0.4 is 4.90 Å². The predicted octanol–water partition coefficient (Wildman–Crippen LogP) is 2.73. The van der Waals surface area contributed by atoms with Crippen LogP contribution in [0.15, 0.2) is 30.7 Å². The molecule has 4 nitrogen and oxygen atoms in total. The Kier molecular flexibility index (Phi) is 3.52. The molecule has 0 bridgehead atoms. The molecule has 19 heavy (non-hydrogen) atoms. The van der Waals surface area contributed by atoms with Gasteiger partial charge in [0.2, 0.25) is 0 Å². The van der Waals surface area contributed by atoms with Crippen LogP contribution in [0.3, 0.4) is 0 Å². The fourth-order valence-corrected chi connectivity index (χ4v) is 2.20. The second kappa shape index (κ2) is 4.96. The summed E-state index contributed by atoms with van der Waals surface area (Å²) in [7, 11) is 1.07. The van der Waals surface area contributed by atoms with Crippen molar-refractivity contribution in [1.29, 1.82) is 0 Å². The van der Waals surface area contributed by atoms with Crippen molar-refractivity contribution in [3.8, 4) is 10.6 Å². The van der Waals surface area contributed by atoms with Crippen LogP contribution in [0.2, 0.25) is 0 Å². The minimum Gasteiger partial charge on any atom is -0.298 e. The van der Waals surface area contributed by atoms with Gasteiger partial charge in [-0.15, -0.1) is 0 Å². The molecule has 0 spiro atoms. The van der Waals surface area contributed by atoms with E-state index in [2.05, 4.69) is 9.97 Å². The normalized spacial score (nSPS) is 11.4. The molecule has 100 valence electrons. The van der Waals surface area contributed by atoms with Gasteiger partial charge >= 0.3 is 12.1 Å². The summed E-state index contributed by atoms with van der Waals surface area (Å²) < 4.78 is 36.9. The van der Waals surface area contributed by atoms with E-state index in [1.54, 1.807) is 24.5 Å². The van der Waals surface area contributed by atoms with E-state index in [0.29, 0.717) is 15.5 Å². The maximum atomic E-state index is 12.3. The third kappa shape index (κ3) is 2.90. The molecule has 0 aliphatic carbocycles. The minimum absolute atomic E-state index is 0.126. The maximum absolute atomic E-state index is 12.3. The van der Waals surface area contributed by atoms with Crippen LogP contribution in [-0.4, -0.2) is 29.1 Å². The molecule has 0 fully saturated rings. The Morgan fingerprint density at radius 3 is 2.68 bits per heavy atom. The van der Waals surface area contributed by atoms with Crippen LogP contribution in [0, 0.1) is 0 Å². The number of hydrogen-bond acceptors (Lipinski definition) is 4. The van der Waals surface area contributed by atoms with Gasteiger partial charge in [0.05, 0.1) is 6.20 Å². The first-order valence-corrected chi connectivity index (χ1v) is 5.92. The molecule has 0 radical (unpaired) electrons. The molecule has 2 aromatic rings. The van der Waals surface area contributed by atoms with E-state index in [1.165, 1.54) is 6.20 Å². The molecule has 0 aromatic carbocycles. The number of anilines is 1. The number of hydrogen-bond donors (Lipinski definition) is 0. The lowest BCUT2D eigenvalue weighted by Gasteiger charge is -2.15. The van der Waals surface area contributed by atoms with Crippen LogP contribution in [0.1, 0.15) is 0 Å². The number of amides is 1. The van der Waals surface area contributed by atoms with Crippen molar-refractivity contribution >= 4 is 22.2 Å². The molecule has 0 unspecified atom stereocenters. The average molecular weight is 287 g/mol. The molecule has 0 aliphatic rings. The lowest BCUT2D eigenvalue weighted by molar-refractivity contribution is -0.170. The van der Waals surface area contributed by atoms with Crippen molar-refractivity contribution in [3.05, 3.63) is 30.7 Å². The first-order valence-electron chi connectivity index (χ1n) is 5.10. The van der Waals surface area contributed by atoms with Gasteiger partial charge in [-0.05, 0) is 12.1 Å². The quantitative estimate of drug-likeness (QED) is 0.853. The predicted molar refractivity (Wildman–Crippen MR) is 64.8 cm³/mol. The Bertz CT molecular complexity index is 582. The lowest BCUT2D eigenvalue weighted by Crippen LogP contribution is -2.38. The molecule has 0 saturated carbocycles. The highest BCUT2D eigenvalue weighted by molar-refractivity contribution is 7.19. The fraction of sp³-hybridized carbons (Fsp3) is 0.182. The number of alkyl halides is 3. The summed E-state index contributed by atoms with van der Waals surface area (Å²) in [6.07, 6.45) is -0.532. The monoisotopic (exact) mass is 287 g/mol. The zero-order valence-corrected chi connectivity index (χ0v) is 10.5. The van der Waals surface area contributed by atoms with Crippen LogP contribution >= 0.6 is 11.3 Å². The summed E-state index contributed by atoms with van der Waals surface area (Å²) in [5.74, 6) is -1.92. The zero-order valence-electron chi connectivity index (χ0n) is 9.68. The van der Waals surface area contributed by atoms with Gasteiger partial charge in [0, 0.05) is 25.0 Å². The molecule has 1 amide bonds. The van der Waals surface area contributed by atoms with E-state index in [-0.39, 0.29) is 5.00 Å². The number of aromatic nitrogens is 2. The molecular weight excluding hydrogens is 279 g/mol. The number of halogens is 3. The highest BCUT2D eigenvalue weighted by atomic mass is 32.1. The Labute approximate surface area is 110 Å². The van der Waals surface area contributed by atoms with Crippen LogP contribution in [0.5, 0.6) is 0 Å². The van der Waals surface area contributed by atoms with Gasteiger partial charge in [-0.2, -0.15) is 13.2 Å². The van der Waals surface area contributed by atoms with Crippen molar-refractivity contribution in [2.24, 2.45) is 0 Å². The van der Waals surface area contributed by atoms with E-state index in [1.807, 2.05) is 0 Å². The molecule has 0 aliphatic heterocycles. The third-order valence-corrected chi connectivity index (χ3v) is 3.40. The SMILES string of the molecule is CN(C(=O)C(F)(F)F)c1cnc(-c2cccnc2)s1. The Morgan fingerprint density at radius 2 is 2.11 bits per heavy atom. The largest absolute Gasteiger partial charge is 0.471 e. The number of rotatable bonds is 2. The Morgan fingerprint density at radius 1 is 1.37 bits per heavy atom. The minimum atomic E-state index is -4.90. The van der Waals surface area contributed by atoms with Crippen LogP contribution in [0.4, 0.5) is 18.2 Å². The highest BCUT2D eigenvalue weighted by Gasteiger charge is 2.42. The van der Waals surface area contributed by atoms with Crippen molar-refractivity contribution in [2.75, 3.05) is 11.9 Å². The van der Waals surface area contributed by atoms with Crippen LogP contribution in [-0.2, 0) is 4.79 Å². The molecule has 0 saturated heterocycles. The van der Waals surface area contributed by atoms with Gasteiger partial charge in [-0.25, -0.2) is 4.98 Å². The summed E-state index contributed by atoms with van der Waals surface area (Å²) >= 11 is 0.992. The number of nitrogens with zero attached hydrogens (tertiary/aromatic N) is 3. The number of pyridine rings is 1. The van der Waals surface area contributed by atoms with E-state index < -0.39 is 12.1 Å². The van der Waals surface area contributed by atoms with Crippen molar-refractivity contribution in [1.82, 2.24) is 9.97 Å². The van der Waals surface area contributed by atoms with E-state index in [0.717, 1.165) is 18.4 Å². The highest BCUT2D eigenvalue weighted by Crippen LogP contribution is 2.31. The molecule has 0 N–H and O–H groups in total.